The summed E-state index contributed by atoms with van der Waals surface area (Å²) in [5, 5.41) is 29.9. The van der Waals surface area contributed by atoms with E-state index in [0.29, 0.717) is 17.0 Å². The molecule has 0 saturated carbocycles. The predicted molar refractivity (Wildman–Crippen MR) is 114 cm³/mol. The molecule has 2 aromatic rings. The minimum absolute atomic E-state index is 0.0867. The lowest BCUT2D eigenvalue weighted by molar-refractivity contribution is -0.144. The summed E-state index contributed by atoms with van der Waals surface area (Å²) >= 11 is 0. The number of aromatic nitrogens is 3. The van der Waals surface area contributed by atoms with Gasteiger partial charge in [-0.1, -0.05) is 32.1 Å². The van der Waals surface area contributed by atoms with E-state index in [0.717, 1.165) is 0 Å². The molecule has 1 aromatic heterocycles. The number of benzene rings is 1. The smallest absolute Gasteiger partial charge is 0.248 e. The first kappa shape index (κ1) is 23.2. The van der Waals surface area contributed by atoms with Crippen LogP contribution in [-0.2, 0) is 16.2 Å². The van der Waals surface area contributed by atoms with E-state index in [9.17, 15) is 14.7 Å². The van der Waals surface area contributed by atoms with Crippen LogP contribution in [0.15, 0.2) is 30.5 Å². The number of nitriles is 1. The van der Waals surface area contributed by atoms with Crippen LogP contribution < -0.4 is 10.1 Å². The zero-order valence-corrected chi connectivity index (χ0v) is 18.6. The summed E-state index contributed by atoms with van der Waals surface area (Å²) in [6.45, 7) is 5.92. The van der Waals surface area contributed by atoms with Gasteiger partial charge in [0.05, 0.1) is 23.9 Å². The van der Waals surface area contributed by atoms with Crippen molar-refractivity contribution in [3.05, 3.63) is 41.7 Å². The average Bonchev–Trinajstić information content (AvgIpc) is 3.37. The number of β-amino-alcohol motifs (C(OH)–C–C–N with tert-alkyl or cyclic N) is 1. The molecule has 3 rings (SSSR count). The first-order chi connectivity index (χ1) is 15.1. The van der Waals surface area contributed by atoms with Gasteiger partial charge in [-0.05, 0) is 23.6 Å². The minimum Gasteiger partial charge on any atom is -0.487 e. The monoisotopic (exact) mass is 440 g/mol. The van der Waals surface area contributed by atoms with Crippen molar-refractivity contribution < 1.29 is 19.4 Å². The summed E-state index contributed by atoms with van der Waals surface area (Å²) in [6.07, 6.45) is 1.08. The molecule has 10 heteroatoms. The van der Waals surface area contributed by atoms with E-state index < -0.39 is 23.6 Å². The Morgan fingerprint density at radius 3 is 2.81 bits per heavy atom. The normalized spacial score (nSPS) is 19.3. The van der Waals surface area contributed by atoms with Gasteiger partial charge in [0.1, 0.15) is 30.1 Å². The first-order valence-corrected chi connectivity index (χ1v) is 10.4. The summed E-state index contributed by atoms with van der Waals surface area (Å²) in [6, 6.07) is 7.38. The van der Waals surface area contributed by atoms with Gasteiger partial charge in [-0.2, -0.15) is 5.26 Å². The molecular formula is C22H28N6O4. The number of carbonyl (C=O) groups excluding carboxylic acids is 2. The van der Waals surface area contributed by atoms with Gasteiger partial charge in [0.25, 0.3) is 0 Å². The van der Waals surface area contributed by atoms with Crippen molar-refractivity contribution in [2.75, 3.05) is 13.6 Å². The largest absolute Gasteiger partial charge is 0.487 e. The van der Waals surface area contributed by atoms with Crippen LogP contribution in [0.5, 0.6) is 5.75 Å². The highest BCUT2D eigenvalue weighted by Crippen LogP contribution is 2.34. The lowest BCUT2D eigenvalue weighted by Crippen LogP contribution is -2.49. The molecule has 3 atom stereocenters. The van der Waals surface area contributed by atoms with Gasteiger partial charge in [-0.25, -0.2) is 4.68 Å². The van der Waals surface area contributed by atoms with E-state index in [-0.39, 0.29) is 31.4 Å². The lowest BCUT2D eigenvalue weighted by Gasteiger charge is -2.34. The first-order valence-electron chi connectivity index (χ1n) is 10.4. The number of nitrogens with zero attached hydrogens (tertiary/aromatic N) is 5. The Hall–Kier alpha value is -3.45. The molecule has 1 fully saturated rings. The van der Waals surface area contributed by atoms with Gasteiger partial charge in [0, 0.05) is 20.0 Å². The van der Waals surface area contributed by atoms with Gasteiger partial charge < -0.3 is 20.1 Å². The van der Waals surface area contributed by atoms with Gasteiger partial charge >= 0.3 is 0 Å². The topological polar surface area (TPSA) is 133 Å². The molecule has 0 bridgehead atoms. The van der Waals surface area contributed by atoms with Crippen LogP contribution in [0.1, 0.15) is 44.5 Å². The SMILES string of the molecule is CNC(=O)C1CC(O)CN1C(=O)[C@@H](n1cc(COc2cccc(C#N)c2)nn1)C(C)(C)C. The average molecular weight is 441 g/mol. The number of nitrogens with one attached hydrogen (secondary N) is 1. The van der Waals surface area contributed by atoms with Crippen LogP contribution in [0, 0.1) is 16.7 Å². The molecule has 1 saturated heterocycles. The number of carbonyl (C=O) groups is 2. The fourth-order valence-corrected chi connectivity index (χ4v) is 3.83. The molecule has 1 aromatic carbocycles. The van der Waals surface area contributed by atoms with Crippen LogP contribution in [0.3, 0.4) is 0 Å². The van der Waals surface area contributed by atoms with Gasteiger partial charge in [0.2, 0.25) is 11.8 Å². The molecule has 10 nitrogen and oxygen atoms in total. The number of rotatable bonds is 6. The Morgan fingerprint density at radius 2 is 2.16 bits per heavy atom. The number of aliphatic hydroxyl groups excluding tert-OH is 1. The van der Waals surface area contributed by atoms with E-state index in [1.807, 2.05) is 20.8 Å². The molecular weight excluding hydrogens is 412 g/mol. The molecule has 0 radical (unpaired) electrons. The standard InChI is InChI=1S/C22H28N6O4/c1-22(2,3)19(21(31)27-12-16(29)9-18(27)20(30)24-4)28-11-15(25-26-28)13-32-17-7-5-6-14(8-17)10-23/h5-8,11,16,18-19,29H,9,12-13H2,1-4H3,(H,24,30)/t16?,18?,19-/m1/s1. The second-order valence-corrected chi connectivity index (χ2v) is 8.90. The summed E-state index contributed by atoms with van der Waals surface area (Å²) in [4.78, 5) is 27.2. The third-order valence-corrected chi connectivity index (χ3v) is 5.34. The zero-order chi connectivity index (χ0) is 23.5. The second kappa shape index (κ2) is 9.36. The number of likely N-dealkylation sites (N-methyl/N-ethyl adjacent to an activating group) is 1. The molecule has 32 heavy (non-hydrogen) atoms. The van der Waals surface area contributed by atoms with Crippen molar-refractivity contribution >= 4 is 11.8 Å². The van der Waals surface area contributed by atoms with Crippen LogP contribution in [-0.4, -0.2) is 62.6 Å². The van der Waals surface area contributed by atoms with Crippen molar-refractivity contribution in [2.24, 2.45) is 5.41 Å². The van der Waals surface area contributed by atoms with Gasteiger partial charge in [0.15, 0.2) is 0 Å². The van der Waals surface area contributed by atoms with Gasteiger partial charge in [-0.15, -0.1) is 5.10 Å². The fourth-order valence-electron chi connectivity index (χ4n) is 3.83. The zero-order valence-electron chi connectivity index (χ0n) is 18.6. The number of ether oxygens (including phenoxy) is 1. The maximum Gasteiger partial charge on any atom is 0.248 e. The molecule has 2 N–H and O–H groups in total. The Balaban J connectivity index is 1.80. The highest BCUT2D eigenvalue weighted by atomic mass is 16.5. The molecule has 2 heterocycles. The Labute approximate surface area is 186 Å². The third-order valence-electron chi connectivity index (χ3n) is 5.34. The Bertz CT molecular complexity index is 1020. The van der Waals surface area contributed by atoms with Crippen LogP contribution >= 0.6 is 0 Å². The van der Waals surface area contributed by atoms with Crippen LogP contribution in [0.25, 0.3) is 0 Å². The highest BCUT2D eigenvalue weighted by molar-refractivity contribution is 5.90. The summed E-state index contributed by atoms with van der Waals surface area (Å²) < 4.78 is 7.19. The van der Waals surface area contributed by atoms with Crippen molar-refractivity contribution in [3.63, 3.8) is 0 Å². The van der Waals surface area contributed by atoms with Crippen molar-refractivity contribution in [1.82, 2.24) is 25.2 Å². The number of amides is 2. The Morgan fingerprint density at radius 1 is 1.41 bits per heavy atom. The summed E-state index contributed by atoms with van der Waals surface area (Å²) in [5.74, 6) is -0.0851. The highest BCUT2D eigenvalue weighted by Gasteiger charge is 2.44. The summed E-state index contributed by atoms with van der Waals surface area (Å²) in [7, 11) is 1.51. The number of hydrogen-bond donors (Lipinski definition) is 2. The van der Waals surface area contributed by atoms with E-state index >= 15 is 0 Å². The lowest BCUT2D eigenvalue weighted by atomic mass is 9.85. The predicted octanol–water partition coefficient (Wildman–Crippen LogP) is 1.02. The van der Waals surface area contributed by atoms with E-state index in [4.69, 9.17) is 10.00 Å². The number of likely N-dealkylation sites (tertiary alicyclic amines) is 1. The van der Waals surface area contributed by atoms with E-state index in [1.165, 1.54) is 16.6 Å². The van der Waals surface area contributed by atoms with Crippen molar-refractivity contribution in [3.8, 4) is 11.8 Å². The van der Waals surface area contributed by atoms with E-state index in [2.05, 4.69) is 21.7 Å². The van der Waals surface area contributed by atoms with E-state index in [1.54, 1.807) is 30.5 Å². The molecule has 170 valence electrons. The summed E-state index contributed by atoms with van der Waals surface area (Å²) in [5.41, 5.74) is 0.465. The molecule has 2 unspecified atom stereocenters. The molecule has 0 aliphatic carbocycles. The maximum absolute atomic E-state index is 13.5. The van der Waals surface area contributed by atoms with Crippen molar-refractivity contribution in [1.29, 1.82) is 5.26 Å². The molecule has 1 aliphatic rings. The molecule has 0 spiro atoms. The number of aliphatic hydroxyl groups is 1. The maximum atomic E-state index is 13.5. The minimum atomic E-state index is -0.759. The number of hydrogen-bond acceptors (Lipinski definition) is 7. The molecule has 2 amide bonds. The van der Waals surface area contributed by atoms with Crippen LogP contribution in [0.4, 0.5) is 0 Å². The molecule has 1 aliphatic heterocycles. The third kappa shape index (κ3) is 5.06. The second-order valence-electron chi connectivity index (χ2n) is 8.90. The fraction of sp³-hybridized carbons (Fsp3) is 0.500. The quantitative estimate of drug-likeness (QED) is 0.685. The van der Waals surface area contributed by atoms with Crippen molar-refractivity contribution in [2.45, 2.75) is 52.0 Å². The van der Waals surface area contributed by atoms with Gasteiger partial charge in [-0.3, -0.25) is 9.59 Å². The Kier molecular flexibility index (Phi) is 6.79. The van der Waals surface area contributed by atoms with Crippen LogP contribution in [0.2, 0.25) is 0 Å².